The van der Waals surface area contributed by atoms with Gasteiger partial charge in [0.2, 0.25) is 11.7 Å². The van der Waals surface area contributed by atoms with Gasteiger partial charge in [-0.1, -0.05) is 18.2 Å². The van der Waals surface area contributed by atoms with E-state index in [0.717, 1.165) is 16.5 Å². The SMILES string of the molecule is COc1cc(/C=C/C(=O)NCCOc2cccc3cccnc23)cc(OC)c1OC. The van der Waals surface area contributed by atoms with Crippen molar-refractivity contribution < 1.29 is 23.7 Å². The van der Waals surface area contributed by atoms with Crippen molar-refractivity contribution in [3.8, 4) is 23.0 Å². The van der Waals surface area contributed by atoms with Crippen LogP contribution in [0, 0.1) is 0 Å². The van der Waals surface area contributed by atoms with Crippen LogP contribution in [0.2, 0.25) is 0 Å². The van der Waals surface area contributed by atoms with Gasteiger partial charge in [0.1, 0.15) is 17.9 Å². The first-order chi connectivity index (χ1) is 14.7. The number of amides is 1. The van der Waals surface area contributed by atoms with Gasteiger partial charge in [0, 0.05) is 17.7 Å². The third-order valence-corrected chi connectivity index (χ3v) is 4.37. The number of carbonyl (C=O) groups excluding carboxylic acids is 1. The molecule has 0 fully saturated rings. The smallest absolute Gasteiger partial charge is 0.244 e. The van der Waals surface area contributed by atoms with E-state index in [9.17, 15) is 4.79 Å². The van der Waals surface area contributed by atoms with Gasteiger partial charge in [0.05, 0.1) is 27.9 Å². The van der Waals surface area contributed by atoms with Crippen molar-refractivity contribution in [3.63, 3.8) is 0 Å². The van der Waals surface area contributed by atoms with E-state index >= 15 is 0 Å². The van der Waals surface area contributed by atoms with E-state index in [1.165, 1.54) is 6.08 Å². The average molecular weight is 408 g/mol. The largest absolute Gasteiger partial charge is 0.493 e. The predicted molar refractivity (Wildman–Crippen MR) is 115 cm³/mol. The second-order valence-electron chi connectivity index (χ2n) is 6.26. The van der Waals surface area contributed by atoms with E-state index in [4.69, 9.17) is 18.9 Å². The van der Waals surface area contributed by atoms with Crippen LogP contribution in [0.4, 0.5) is 0 Å². The van der Waals surface area contributed by atoms with E-state index < -0.39 is 0 Å². The minimum absolute atomic E-state index is 0.233. The minimum Gasteiger partial charge on any atom is -0.493 e. The molecule has 3 rings (SSSR count). The Balaban J connectivity index is 1.55. The highest BCUT2D eigenvalue weighted by molar-refractivity contribution is 5.92. The molecule has 0 radical (unpaired) electrons. The lowest BCUT2D eigenvalue weighted by molar-refractivity contribution is -0.116. The lowest BCUT2D eigenvalue weighted by Gasteiger charge is -2.12. The maximum atomic E-state index is 12.1. The summed E-state index contributed by atoms with van der Waals surface area (Å²) in [4.78, 5) is 16.5. The Morgan fingerprint density at radius 1 is 1.00 bits per heavy atom. The zero-order valence-corrected chi connectivity index (χ0v) is 17.2. The monoisotopic (exact) mass is 408 g/mol. The Bertz CT molecular complexity index is 1020. The molecule has 1 N–H and O–H groups in total. The molecule has 7 heteroatoms. The van der Waals surface area contributed by atoms with Crippen molar-refractivity contribution in [3.05, 3.63) is 60.3 Å². The molecule has 1 heterocycles. The van der Waals surface area contributed by atoms with Crippen LogP contribution in [-0.4, -0.2) is 45.4 Å². The van der Waals surface area contributed by atoms with Crippen LogP contribution in [0.1, 0.15) is 5.56 Å². The van der Waals surface area contributed by atoms with E-state index in [0.29, 0.717) is 36.1 Å². The first-order valence-corrected chi connectivity index (χ1v) is 9.38. The molecule has 0 aliphatic rings. The van der Waals surface area contributed by atoms with Crippen molar-refractivity contribution in [2.75, 3.05) is 34.5 Å². The third-order valence-electron chi connectivity index (χ3n) is 4.37. The number of hydrogen-bond donors (Lipinski definition) is 1. The van der Waals surface area contributed by atoms with Crippen LogP contribution < -0.4 is 24.3 Å². The highest BCUT2D eigenvalue weighted by Crippen LogP contribution is 2.38. The second-order valence-corrected chi connectivity index (χ2v) is 6.26. The highest BCUT2D eigenvalue weighted by Gasteiger charge is 2.12. The Morgan fingerprint density at radius 2 is 1.73 bits per heavy atom. The summed E-state index contributed by atoms with van der Waals surface area (Å²) in [6.07, 6.45) is 4.85. The standard InChI is InChI=1S/C23H24N2O5/c1-27-19-14-16(15-20(28-2)23(19)29-3)9-10-21(26)24-12-13-30-18-8-4-6-17-7-5-11-25-22(17)18/h4-11,14-15H,12-13H2,1-3H3,(H,24,26)/b10-9+. The fourth-order valence-electron chi connectivity index (χ4n) is 2.96. The van der Waals surface area contributed by atoms with Crippen molar-refractivity contribution in [2.24, 2.45) is 0 Å². The molecule has 1 aromatic heterocycles. The molecule has 3 aromatic rings. The van der Waals surface area contributed by atoms with Gasteiger partial charge in [0.15, 0.2) is 11.5 Å². The van der Waals surface area contributed by atoms with E-state index in [1.54, 1.807) is 45.7 Å². The minimum atomic E-state index is -0.233. The molecule has 156 valence electrons. The number of aromatic nitrogens is 1. The summed E-state index contributed by atoms with van der Waals surface area (Å²) in [6, 6.07) is 13.1. The number of pyridine rings is 1. The number of fused-ring (bicyclic) bond motifs is 1. The normalized spacial score (nSPS) is 10.8. The number of methoxy groups -OCH3 is 3. The van der Waals surface area contributed by atoms with Crippen molar-refractivity contribution in [2.45, 2.75) is 0 Å². The van der Waals surface area contributed by atoms with Gasteiger partial charge in [-0.05, 0) is 35.9 Å². The molecule has 0 aliphatic carbocycles. The summed E-state index contributed by atoms with van der Waals surface area (Å²) in [6.45, 7) is 0.696. The van der Waals surface area contributed by atoms with Gasteiger partial charge < -0.3 is 24.3 Å². The first kappa shape index (κ1) is 21.0. The zero-order chi connectivity index (χ0) is 21.3. The van der Waals surface area contributed by atoms with Crippen molar-refractivity contribution in [1.29, 1.82) is 0 Å². The number of benzene rings is 2. The molecule has 2 aromatic carbocycles. The fraction of sp³-hybridized carbons (Fsp3) is 0.217. The average Bonchev–Trinajstić information content (AvgIpc) is 2.79. The summed E-state index contributed by atoms with van der Waals surface area (Å²) in [5.41, 5.74) is 1.55. The topological polar surface area (TPSA) is 78.9 Å². The number of ether oxygens (including phenoxy) is 4. The molecule has 0 aliphatic heterocycles. The maximum absolute atomic E-state index is 12.1. The predicted octanol–water partition coefficient (Wildman–Crippen LogP) is 3.47. The molecule has 0 spiro atoms. The number of nitrogens with one attached hydrogen (secondary N) is 1. The van der Waals surface area contributed by atoms with Gasteiger partial charge in [0.25, 0.3) is 0 Å². The van der Waals surface area contributed by atoms with Crippen LogP contribution in [0.25, 0.3) is 17.0 Å². The molecule has 30 heavy (non-hydrogen) atoms. The zero-order valence-electron chi connectivity index (χ0n) is 17.2. The number of para-hydroxylation sites is 1. The lowest BCUT2D eigenvalue weighted by Crippen LogP contribution is -2.26. The van der Waals surface area contributed by atoms with Crippen LogP contribution in [0.15, 0.2) is 54.7 Å². The third kappa shape index (κ3) is 5.00. The number of carbonyl (C=O) groups is 1. The number of hydrogen-bond acceptors (Lipinski definition) is 6. The summed E-state index contributed by atoms with van der Waals surface area (Å²) < 4.78 is 21.7. The number of nitrogens with zero attached hydrogens (tertiary/aromatic N) is 1. The molecule has 1 amide bonds. The quantitative estimate of drug-likeness (QED) is 0.431. The molecular weight excluding hydrogens is 384 g/mol. The van der Waals surface area contributed by atoms with Crippen molar-refractivity contribution >= 4 is 22.9 Å². The summed E-state index contributed by atoms with van der Waals surface area (Å²) in [5, 5.41) is 3.80. The van der Waals surface area contributed by atoms with Crippen LogP contribution in [-0.2, 0) is 4.79 Å². The molecule has 0 bridgehead atoms. The Hall–Kier alpha value is -3.74. The molecule has 0 saturated heterocycles. The molecule has 7 nitrogen and oxygen atoms in total. The van der Waals surface area contributed by atoms with Gasteiger partial charge >= 0.3 is 0 Å². The molecule has 0 saturated carbocycles. The van der Waals surface area contributed by atoms with Gasteiger partial charge in [-0.3, -0.25) is 9.78 Å². The van der Waals surface area contributed by atoms with Gasteiger partial charge in [-0.2, -0.15) is 0 Å². The van der Waals surface area contributed by atoms with Crippen LogP contribution in [0.3, 0.4) is 0 Å². The van der Waals surface area contributed by atoms with Gasteiger partial charge in [-0.15, -0.1) is 0 Å². The van der Waals surface area contributed by atoms with Crippen molar-refractivity contribution in [1.82, 2.24) is 10.3 Å². The Morgan fingerprint density at radius 3 is 2.43 bits per heavy atom. The molecule has 0 atom stereocenters. The highest BCUT2D eigenvalue weighted by atomic mass is 16.5. The van der Waals surface area contributed by atoms with Gasteiger partial charge in [-0.25, -0.2) is 0 Å². The van der Waals surface area contributed by atoms with E-state index in [1.807, 2.05) is 30.3 Å². The van der Waals surface area contributed by atoms with E-state index in [2.05, 4.69) is 10.3 Å². The van der Waals surface area contributed by atoms with Crippen LogP contribution in [0.5, 0.6) is 23.0 Å². The molecular formula is C23H24N2O5. The molecule has 0 unspecified atom stereocenters. The first-order valence-electron chi connectivity index (χ1n) is 9.38. The fourth-order valence-corrected chi connectivity index (χ4v) is 2.96. The van der Waals surface area contributed by atoms with Crippen LogP contribution >= 0.6 is 0 Å². The Kier molecular flexibility index (Phi) is 7.10. The Labute approximate surface area is 175 Å². The summed E-state index contributed by atoms with van der Waals surface area (Å²) in [5.74, 6) is 2.00. The lowest BCUT2D eigenvalue weighted by atomic mass is 10.1. The summed E-state index contributed by atoms with van der Waals surface area (Å²) in [7, 11) is 4.63. The summed E-state index contributed by atoms with van der Waals surface area (Å²) >= 11 is 0. The second kappa shape index (κ2) is 10.2. The van der Waals surface area contributed by atoms with E-state index in [-0.39, 0.29) is 5.91 Å². The number of rotatable bonds is 9. The maximum Gasteiger partial charge on any atom is 0.244 e.